The first-order chi connectivity index (χ1) is 9.40. The third kappa shape index (κ3) is 3.24. The van der Waals surface area contributed by atoms with E-state index in [0.29, 0.717) is 5.69 Å². The fraction of sp³-hybridized carbons (Fsp3) is 0.0909. The van der Waals surface area contributed by atoms with Gasteiger partial charge in [0.25, 0.3) is 0 Å². The molecule has 0 saturated carbocycles. The number of nitrogens with one attached hydrogen (secondary N) is 1. The number of aromatic nitrogens is 1. The largest absolute Gasteiger partial charge is 0.478 e. The minimum Gasteiger partial charge on any atom is -0.478 e. The Morgan fingerprint density at radius 3 is 2.70 bits per heavy atom. The van der Waals surface area contributed by atoms with E-state index in [9.17, 15) is 13.2 Å². The van der Waals surface area contributed by atoms with Crippen molar-refractivity contribution in [2.24, 2.45) is 0 Å². The average Bonchev–Trinajstić information content (AvgIpc) is 2.89. The van der Waals surface area contributed by atoms with E-state index < -0.39 is 16.0 Å². The fourth-order valence-electron chi connectivity index (χ4n) is 1.43. The Morgan fingerprint density at radius 1 is 1.40 bits per heavy atom. The molecule has 0 aliphatic carbocycles. The molecule has 2 N–H and O–H groups in total. The standard InChI is InChI=1S/C11H9BrN2O5S/c12-9-5-7(11(15)16)1-2-10(9)20(17,18)13-6-8-3-4-19-14-8/h1-5,13H,6H2,(H,15,16). The molecule has 0 fully saturated rings. The predicted molar refractivity (Wildman–Crippen MR) is 71.6 cm³/mol. The summed E-state index contributed by atoms with van der Waals surface area (Å²) in [6, 6.07) is 5.20. The van der Waals surface area contributed by atoms with Crippen molar-refractivity contribution in [3.8, 4) is 0 Å². The third-order valence-corrected chi connectivity index (χ3v) is 4.78. The average molecular weight is 361 g/mol. The first kappa shape index (κ1) is 14.7. The van der Waals surface area contributed by atoms with E-state index in [-0.39, 0.29) is 21.5 Å². The number of benzene rings is 1. The minimum atomic E-state index is -3.78. The van der Waals surface area contributed by atoms with Crippen LogP contribution in [-0.4, -0.2) is 24.7 Å². The van der Waals surface area contributed by atoms with Gasteiger partial charge in [0.1, 0.15) is 6.26 Å². The Kier molecular flexibility index (Phi) is 4.21. The first-order valence-electron chi connectivity index (χ1n) is 5.32. The molecule has 7 nitrogen and oxygen atoms in total. The van der Waals surface area contributed by atoms with Crippen molar-refractivity contribution in [2.45, 2.75) is 11.4 Å². The van der Waals surface area contributed by atoms with Crippen molar-refractivity contribution in [3.05, 3.63) is 46.3 Å². The molecule has 0 unspecified atom stereocenters. The number of sulfonamides is 1. The quantitative estimate of drug-likeness (QED) is 0.838. The summed E-state index contributed by atoms with van der Waals surface area (Å²) in [5, 5.41) is 12.4. The van der Waals surface area contributed by atoms with Crippen LogP contribution in [0.1, 0.15) is 16.1 Å². The van der Waals surface area contributed by atoms with Gasteiger partial charge in [-0.3, -0.25) is 0 Å². The molecule has 1 aromatic carbocycles. The van der Waals surface area contributed by atoms with Crippen molar-refractivity contribution >= 4 is 31.9 Å². The minimum absolute atomic E-state index is 0.00711. The maximum atomic E-state index is 12.1. The Balaban J connectivity index is 2.23. The molecule has 0 spiro atoms. The van der Waals surface area contributed by atoms with Gasteiger partial charge in [-0.05, 0) is 34.1 Å². The zero-order valence-corrected chi connectivity index (χ0v) is 12.3. The van der Waals surface area contributed by atoms with Crippen LogP contribution in [-0.2, 0) is 16.6 Å². The Labute approximate surface area is 122 Å². The second kappa shape index (κ2) is 5.73. The highest BCUT2D eigenvalue weighted by atomic mass is 79.9. The molecular weight excluding hydrogens is 352 g/mol. The van der Waals surface area contributed by atoms with Gasteiger partial charge in [0.05, 0.1) is 22.7 Å². The van der Waals surface area contributed by atoms with Crippen LogP contribution in [0.15, 0.2) is 44.4 Å². The molecule has 9 heteroatoms. The molecule has 0 bridgehead atoms. The summed E-state index contributed by atoms with van der Waals surface area (Å²) in [7, 11) is -3.78. The van der Waals surface area contributed by atoms with Crippen LogP contribution in [0.4, 0.5) is 0 Å². The van der Waals surface area contributed by atoms with Crippen LogP contribution in [0, 0.1) is 0 Å². The number of carbonyl (C=O) groups is 1. The summed E-state index contributed by atoms with van der Waals surface area (Å²) >= 11 is 3.05. The zero-order chi connectivity index (χ0) is 14.8. The second-order valence-electron chi connectivity index (χ2n) is 3.77. The molecule has 1 heterocycles. The van der Waals surface area contributed by atoms with Crippen molar-refractivity contribution < 1.29 is 22.8 Å². The number of carboxylic acid groups (broad SMARTS) is 1. The lowest BCUT2D eigenvalue weighted by molar-refractivity contribution is 0.0696. The van der Waals surface area contributed by atoms with Crippen molar-refractivity contribution in [2.75, 3.05) is 0 Å². The molecule has 1 aromatic heterocycles. The molecule has 0 aliphatic rings. The SMILES string of the molecule is O=C(O)c1ccc(S(=O)(=O)NCc2ccon2)c(Br)c1. The summed E-state index contributed by atoms with van der Waals surface area (Å²) < 4.78 is 31.3. The summed E-state index contributed by atoms with van der Waals surface area (Å²) in [5.74, 6) is -1.13. The van der Waals surface area contributed by atoms with Gasteiger partial charge >= 0.3 is 5.97 Å². The van der Waals surface area contributed by atoms with Crippen LogP contribution in [0.2, 0.25) is 0 Å². The van der Waals surface area contributed by atoms with Crippen molar-refractivity contribution in [3.63, 3.8) is 0 Å². The maximum absolute atomic E-state index is 12.1. The van der Waals surface area contributed by atoms with E-state index >= 15 is 0 Å². The molecule has 0 radical (unpaired) electrons. The molecule has 0 atom stereocenters. The predicted octanol–water partition coefficient (Wildman–Crippen LogP) is 1.61. The van der Waals surface area contributed by atoms with Gasteiger partial charge in [-0.25, -0.2) is 17.9 Å². The van der Waals surface area contributed by atoms with E-state index in [1.807, 2.05) is 0 Å². The molecular formula is C11H9BrN2O5S. The Bertz CT molecular complexity index is 727. The van der Waals surface area contributed by atoms with Gasteiger partial charge in [-0.1, -0.05) is 5.16 Å². The highest BCUT2D eigenvalue weighted by Crippen LogP contribution is 2.23. The van der Waals surface area contributed by atoms with Crippen LogP contribution < -0.4 is 4.72 Å². The molecule has 2 aromatic rings. The Hall–Kier alpha value is -1.71. The zero-order valence-electron chi connectivity index (χ0n) is 9.91. The van der Waals surface area contributed by atoms with Crippen molar-refractivity contribution in [1.82, 2.24) is 9.88 Å². The number of rotatable bonds is 5. The van der Waals surface area contributed by atoms with Gasteiger partial charge in [-0.2, -0.15) is 0 Å². The molecule has 106 valence electrons. The number of hydrogen-bond acceptors (Lipinski definition) is 5. The lowest BCUT2D eigenvalue weighted by Crippen LogP contribution is -2.23. The molecule has 20 heavy (non-hydrogen) atoms. The van der Waals surface area contributed by atoms with Gasteiger partial charge in [-0.15, -0.1) is 0 Å². The van der Waals surface area contributed by atoms with Crippen LogP contribution in [0.25, 0.3) is 0 Å². The number of halogens is 1. The van der Waals surface area contributed by atoms with Gasteiger partial charge in [0, 0.05) is 10.5 Å². The summed E-state index contributed by atoms with van der Waals surface area (Å²) in [6.45, 7) is -0.0219. The van der Waals surface area contributed by atoms with Crippen LogP contribution in [0.3, 0.4) is 0 Å². The monoisotopic (exact) mass is 360 g/mol. The van der Waals surface area contributed by atoms with E-state index in [2.05, 4.69) is 30.3 Å². The van der Waals surface area contributed by atoms with Crippen molar-refractivity contribution in [1.29, 1.82) is 0 Å². The van der Waals surface area contributed by atoms with Gasteiger partial charge in [0.2, 0.25) is 10.0 Å². The highest BCUT2D eigenvalue weighted by Gasteiger charge is 2.19. The lowest BCUT2D eigenvalue weighted by atomic mass is 10.2. The number of aromatic carboxylic acids is 1. The second-order valence-corrected chi connectivity index (χ2v) is 6.36. The third-order valence-electron chi connectivity index (χ3n) is 2.40. The summed E-state index contributed by atoms with van der Waals surface area (Å²) in [6.07, 6.45) is 1.33. The van der Waals surface area contributed by atoms with Gasteiger partial charge in [0.15, 0.2) is 0 Å². The summed E-state index contributed by atoms with van der Waals surface area (Å²) in [5.41, 5.74) is 0.430. The Morgan fingerprint density at radius 2 is 2.15 bits per heavy atom. The number of carboxylic acids is 1. The van der Waals surface area contributed by atoms with Crippen LogP contribution >= 0.6 is 15.9 Å². The highest BCUT2D eigenvalue weighted by molar-refractivity contribution is 9.10. The fourth-order valence-corrected chi connectivity index (χ4v) is 3.50. The smallest absolute Gasteiger partial charge is 0.335 e. The number of nitrogens with zero attached hydrogens (tertiary/aromatic N) is 1. The van der Waals surface area contributed by atoms with E-state index in [0.717, 1.165) is 0 Å². The van der Waals surface area contributed by atoms with Crippen LogP contribution in [0.5, 0.6) is 0 Å². The molecule has 0 saturated heterocycles. The number of hydrogen-bond donors (Lipinski definition) is 2. The van der Waals surface area contributed by atoms with Gasteiger partial charge < -0.3 is 9.63 Å². The molecule has 0 aliphatic heterocycles. The van der Waals surface area contributed by atoms with E-state index in [1.165, 1.54) is 30.5 Å². The molecule has 0 amide bonds. The topological polar surface area (TPSA) is 110 Å². The normalized spacial score (nSPS) is 11.4. The maximum Gasteiger partial charge on any atom is 0.335 e. The summed E-state index contributed by atoms with van der Waals surface area (Å²) in [4.78, 5) is 10.7. The molecule has 2 rings (SSSR count). The first-order valence-corrected chi connectivity index (χ1v) is 7.59. The van der Waals surface area contributed by atoms with E-state index in [1.54, 1.807) is 0 Å². The lowest BCUT2D eigenvalue weighted by Gasteiger charge is -2.08. The van der Waals surface area contributed by atoms with E-state index in [4.69, 9.17) is 5.11 Å².